The number of rotatable bonds is 6. The van der Waals surface area contributed by atoms with Gasteiger partial charge in [0.2, 0.25) is 0 Å². The van der Waals surface area contributed by atoms with E-state index >= 15 is 0 Å². The van der Waals surface area contributed by atoms with Crippen molar-refractivity contribution >= 4 is 70.4 Å². The zero-order valence-electron chi connectivity index (χ0n) is 27.8. The summed E-state index contributed by atoms with van der Waals surface area (Å²) in [5.41, 5.74) is 11.7. The molecule has 10 aromatic rings. The number of benzene rings is 8. The Bertz CT molecular complexity index is 2830. The maximum Gasteiger partial charge on any atom is 0.0782 e. The third-order valence-corrected chi connectivity index (χ3v) is 11.1. The van der Waals surface area contributed by atoms with Crippen LogP contribution in [0.1, 0.15) is 0 Å². The lowest BCUT2D eigenvalue weighted by Crippen LogP contribution is -2.12. The predicted octanol–water partition coefficient (Wildman–Crippen LogP) is 14.0. The summed E-state index contributed by atoms with van der Waals surface area (Å²) in [6, 6.07) is 70.4. The SMILES string of the molecule is c1ccc(-c2ccc(N(c3cccc4sc5ccccc5c34)c3cccc4c5c(-c6ccccc6)cccc5n(-c5ccccc5)c34)cc2)cc1. The molecule has 0 bridgehead atoms. The van der Waals surface area contributed by atoms with E-state index < -0.39 is 0 Å². The van der Waals surface area contributed by atoms with E-state index in [1.807, 2.05) is 11.3 Å². The van der Waals surface area contributed by atoms with Crippen LogP contribution < -0.4 is 4.90 Å². The molecule has 0 atom stereocenters. The highest BCUT2D eigenvalue weighted by Gasteiger charge is 2.25. The fourth-order valence-electron chi connectivity index (χ4n) is 7.77. The number of hydrogen-bond donors (Lipinski definition) is 0. The Kier molecular flexibility index (Phi) is 7.04. The molecule has 0 spiro atoms. The van der Waals surface area contributed by atoms with Gasteiger partial charge < -0.3 is 9.47 Å². The minimum atomic E-state index is 1.11. The van der Waals surface area contributed by atoms with Gasteiger partial charge in [-0.3, -0.25) is 0 Å². The zero-order chi connectivity index (χ0) is 33.7. The van der Waals surface area contributed by atoms with Gasteiger partial charge in [-0.15, -0.1) is 11.3 Å². The smallest absolute Gasteiger partial charge is 0.0782 e. The fraction of sp³-hybridized carbons (Fsp3) is 0. The van der Waals surface area contributed by atoms with E-state index in [0.29, 0.717) is 0 Å². The fourth-order valence-corrected chi connectivity index (χ4v) is 8.89. The number of hydrogen-bond acceptors (Lipinski definition) is 2. The lowest BCUT2D eigenvalue weighted by atomic mass is 9.99. The molecule has 2 aromatic heterocycles. The van der Waals surface area contributed by atoms with Crippen molar-refractivity contribution in [2.24, 2.45) is 0 Å². The van der Waals surface area contributed by atoms with Gasteiger partial charge in [0.05, 0.1) is 22.4 Å². The van der Waals surface area contributed by atoms with Crippen LogP contribution in [0, 0.1) is 0 Å². The molecule has 0 unspecified atom stereocenters. The topological polar surface area (TPSA) is 8.17 Å². The van der Waals surface area contributed by atoms with Crippen LogP contribution in [0.25, 0.3) is 69.9 Å². The van der Waals surface area contributed by atoms with E-state index in [1.165, 1.54) is 64.2 Å². The van der Waals surface area contributed by atoms with E-state index in [-0.39, 0.29) is 0 Å². The van der Waals surface area contributed by atoms with Crippen LogP contribution in [0.3, 0.4) is 0 Å². The Labute approximate surface area is 300 Å². The number of fused-ring (bicyclic) bond motifs is 6. The number of para-hydroxylation sites is 2. The zero-order valence-corrected chi connectivity index (χ0v) is 28.6. The summed E-state index contributed by atoms with van der Waals surface area (Å²) in [4.78, 5) is 2.49. The van der Waals surface area contributed by atoms with Crippen molar-refractivity contribution in [3.63, 3.8) is 0 Å². The molecule has 10 rings (SSSR count). The standard InChI is InChI=1S/C48H32N2S/c1-4-15-33(16-5-1)34-29-31-37(32-30-34)49(42-25-14-28-45-47(42)39-21-10-11-27-44(39)51-45)43-26-13-23-40-46-38(35-17-6-2-7-18-35)22-12-24-41(46)50(48(40)43)36-19-8-3-9-20-36/h1-32H. The van der Waals surface area contributed by atoms with Crippen LogP contribution in [0.5, 0.6) is 0 Å². The Morgan fingerprint density at radius 2 is 0.980 bits per heavy atom. The molecule has 0 saturated heterocycles. The maximum atomic E-state index is 2.49. The van der Waals surface area contributed by atoms with Gasteiger partial charge in [0, 0.05) is 42.3 Å². The largest absolute Gasteiger partial charge is 0.308 e. The molecular formula is C48H32N2S. The first kappa shape index (κ1) is 29.5. The number of nitrogens with zero attached hydrogens (tertiary/aromatic N) is 2. The van der Waals surface area contributed by atoms with Crippen LogP contribution in [0.15, 0.2) is 194 Å². The summed E-state index contributed by atoms with van der Waals surface area (Å²) in [6.45, 7) is 0. The van der Waals surface area contributed by atoms with Gasteiger partial charge >= 0.3 is 0 Å². The molecule has 0 aliphatic heterocycles. The number of anilines is 3. The normalized spacial score (nSPS) is 11.5. The average molecular weight is 669 g/mol. The Morgan fingerprint density at radius 1 is 0.392 bits per heavy atom. The second-order valence-electron chi connectivity index (χ2n) is 12.9. The molecule has 8 aromatic carbocycles. The summed E-state index contributed by atoms with van der Waals surface area (Å²) in [5, 5.41) is 5.03. The average Bonchev–Trinajstić information content (AvgIpc) is 3.76. The minimum absolute atomic E-state index is 1.11. The van der Waals surface area contributed by atoms with E-state index in [4.69, 9.17) is 0 Å². The molecule has 0 radical (unpaired) electrons. The molecular weight excluding hydrogens is 637 g/mol. The van der Waals surface area contributed by atoms with Crippen LogP contribution in [-0.4, -0.2) is 4.57 Å². The van der Waals surface area contributed by atoms with Crippen LogP contribution in [0.2, 0.25) is 0 Å². The highest BCUT2D eigenvalue weighted by Crippen LogP contribution is 2.49. The third-order valence-electron chi connectivity index (χ3n) is 9.99. The van der Waals surface area contributed by atoms with Crippen molar-refractivity contribution in [1.82, 2.24) is 4.57 Å². The molecule has 3 heteroatoms. The summed E-state index contributed by atoms with van der Waals surface area (Å²) in [7, 11) is 0. The molecule has 0 amide bonds. The molecule has 2 nitrogen and oxygen atoms in total. The first-order valence-electron chi connectivity index (χ1n) is 17.4. The van der Waals surface area contributed by atoms with E-state index in [0.717, 1.165) is 22.7 Å². The molecule has 0 aliphatic rings. The Hall–Kier alpha value is -6.42. The molecule has 0 saturated carbocycles. The third kappa shape index (κ3) is 4.85. The van der Waals surface area contributed by atoms with Crippen molar-refractivity contribution in [3.8, 4) is 27.9 Å². The number of aromatic nitrogens is 1. The maximum absolute atomic E-state index is 2.49. The van der Waals surface area contributed by atoms with E-state index in [1.54, 1.807) is 0 Å². The molecule has 2 heterocycles. The van der Waals surface area contributed by atoms with Crippen molar-refractivity contribution in [2.75, 3.05) is 4.90 Å². The molecule has 0 aliphatic carbocycles. The van der Waals surface area contributed by atoms with E-state index in [9.17, 15) is 0 Å². The molecule has 0 N–H and O–H groups in total. The van der Waals surface area contributed by atoms with Crippen molar-refractivity contribution in [1.29, 1.82) is 0 Å². The monoisotopic (exact) mass is 668 g/mol. The van der Waals surface area contributed by atoms with Gasteiger partial charge in [-0.25, -0.2) is 0 Å². The predicted molar refractivity (Wildman–Crippen MR) is 219 cm³/mol. The second kappa shape index (κ2) is 12.2. The van der Waals surface area contributed by atoms with Gasteiger partial charge in [-0.2, -0.15) is 0 Å². The van der Waals surface area contributed by atoms with Crippen LogP contribution in [0.4, 0.5) is 17.1 Å². The summed E-state index contributed by atoms with van der Waals surface area (Å²) >= 11 is 1.86. The van der Waals surface area contributed by atoms with Crippen LogP contribution >= 0.6 is 11.3 Å². The number of thiophene rings is 1. The summed E-state index contributed by atoms with van der Waals surface area (Å²) in [6.07, 6.45) is 0. The molecule has 240 valence electrons. The highest BCUT2D eigenvalue weighted by molar-refractivity contribution is 7.26. The van der Waals surface area contributed by atoms with Gasteiger partial charge in [-0.1, -0.05) is 140 Å². The van der Waals surface area contributed by atoms with Gasteiger partial charge in [-0.05, 0) is 76.9 Å². The summed E-state index contributed by atoms with van der Waals surface area (Å²) in [5.74, 6) is 0. The van der Waals surface area contributed by atoms with Crippen molar-refractivity contribution in [3.05, 3.63) is 194 Å². The van der Waals surface area contributed by atoms with Crippen LogP contribution in [-0.2, 0) is 0 Å². The van der Waals surface area contributed by atoms with E-state index in [2.05, 4.69) is 204 Å². The lowest BCUT2D eigenvalue weighted by molar-refractivity contribution is 1.17. The van der Waals surface area contributed by atoms with Gasteiger partial charge in [0.25, 0.3) is 0 Å². The lowest BCUT2D eigenvalue weighted by Gasteiger charge is -2.28. The van der Waals surface area contributed by atoms with Gasteiger partial charge in [0.15, 0.2) is 0 Å². The first-order valence-corrected chi connectivity index (χ1v) is 18.2. The van der Waals surface area contributed by atoms with Crippen molar-refractivity contribution < 1.29 is 0 Å². The Morgan fingerprint density at radius 3 is 1.76 bits per heavy atom. The quantitative estimate of drug-likeness (QED) is 0.171. The molecule has 0 fully saturated rings. The highest BCUT2D eigenvalue weighted by atomic mass is 32.1. The minimum Gasteiger partial charge on any atom is -0.308 e. The van der Waals surface area contributed by atoms with Crippen molar-refractivity contribution in [2.45, 2.75) is 0 Å². The Balaban J connectivity index is 1.32. The first-order chi connectivity index (χ1) is 25.3. The second-order valence-corrected chi connectivity index (χ2v) is 14.0. The molecule has 51 heavy (non-hydrogen) atoms. The summed E-state index contributed by atoms with van der Waals surface area (Å²) < 4.78 is 5.04. The van der Waals surface area contributed by atoms with Gasteiger partial charge in [0.1, 0.15) is 0 Å².